The normalized spacial score (nSPS) is 14.6. The van der Waals surface area contributed by atoms with Crippen molar-refractivity contribution in [1.29, 1.82) is 0 Å². The van der Waals surface area contributed by atoms with E-state index in [1.807, 2.05) is 45.0 Å². The predicted molar refractivity (Wildman–Crippen MR) is 97.3 cm³/mol. The summed E-state index contributed by atoms with van der Waals surface area (Å²) >= 11 is 0. The highest BCUT2D eigenvalue weighted by molar-refractivity contribution is 5.89. The minimum atomic E-state index is -0.912. The summed E-state index contributed by atoms with van der Waals surface area (Å²) in [6, 6.07) is 6.77. The van der Waals surface area contributed by atoms with Crippen molar-refractivity contribution in [2.24, 2.45) is 11.3 Å². The van der Waals surface area contributed by atoms with E-state index >= 15 is 0 Å². The van der Waals surface area contributed by atoms with Crippen molar-refractivity contribution in [2.45, 2.75) is 59.9 Å². The lowest BCUT2D eigenvalue weighted by molar-refractivity contribution is -0.146. The van der Waals surface area contributed by atoms with Gasteiger partial charge in [-0.1, -0.05) is 53.7 Å². The smallest absolute Gasteiger partial charge is 0.319 e. The maximum atomic E-state index is 12.1. The van der Waals surface area contributed by atoms with Gasteiger partial charge < -0.3 is 15.7 Å². The fourth-order valence-electron chi connectivity index (χ4n) is 2.85. The molecule has 1 aromatic carbocycles. The monoisotopic (exact) mass is 334 g/mol. The zero-order chi connectivity index (χ0) is 18.7. The van der Waals surface area contributed by atoms with Crippen LogP contribution in [0.5, 0.6) is 0 Å². The Labute approximate surface area is 144 Å². The lowest BCUT2D eigenvalue weighted by atomic mass is 9.77. The molecule has 0 bridgehead atoms. The highest BCUT2D eigenvalue weighted by Crippen LogP contribution is 2.29. The third kappa shape index (κ3) is 5.55. The molecule has 5 nitrogen and oxygen atoms in total. The van der Waals surface area contributed by atoms with Gasteiger partial charge >= 0.3 is 12.0 Å². The number of carboxylic acids is 1. The number of anilines is 1. The second-order valence-electron chi connectivity index (χ2n) is 8.40. The van der Waals surface area contributed by atoms with Crippen LogP contribution in [0.1, 0.15) is 54.0 Å². The van der Waals surface area contributed by atoms with Crippen molar-refractivity contribution >= 4 is 17.7 Å². The van der Waals surface area contributed by atoms with Gasteiger partial charge in [0.15, 0.2) is 0 Å². The molecule has 0 saturated heterocycles. The molecular weight excluding hydrogens is 304 g/mol. The van der Waals surface area contributed by atoms with E-state index in [1.165, 1.54) is 5.56 Å². The first kappa shape index (κ1) is 20.0. The second kappa shape index (κ2) is 7.24. The number of benzene rings is 1. The lowest BCUT2D eigenvalue weighted by Crippen LogP contribution is -2.48. The van der Waals surface area contributed by atoms with Gasteiger partial charge in [-0.3, -0.25) is 4.79 Å². The molecule has 5 heteroatoms. The number of urea groups is 1. The predicted octanol–water partition coefficient (Wildman–Crippen LogP) is 4.24. The summed E-state index contributed by atoms with van der Waals surface area (Å²) in [5.74, 6) is -1.59. The van der Waals surface area contributed by atoms with Crippen molar-refractivity contribution in [1.82, 2.24) is 5.32 Å². The van der Waals surface area contributed by atoms with Crippen LogP contribution >= 0.6 is 0 Å². The molecule has 0 fully saturated rings. The van der Waals surface area contributed by atoms with Gasteiger partial charge in [0.05, 0.1) is 5.92 Å². The Kier molecular flexibility index (Phi) is 6.04. The van der Waals surface area contributed by atoms with Crippen LogP contribution in [0.25, 0.3) is 0 Å². The van der Waals surface area contributed by atoms with Crippen molar-refractivity contribution in [2.75, 3.05) is 5.32 Å². The molecule has 24 heavy (non-hydrogen) atoms. The van der Waals surface area contributed by atoms with Gasteiger partial charge in [0.1, 0.15) is 0 Å². The summed E-state index contributed by atoms with van der Waals surface area (Å²) < 4.78 is 0. The maximum Gasteiger partial charge on any atom is 0.319 e. The molecule has 0 aromatic heterocycles. The van der Waals surface area contributed by atoms with Crippen molar-refractivity contribution in [3.8, 4) is 0 Å². The lowest BCUT2D eigenvalue weighted by Gasteiger charge is -2.32. The average Bonchev–Trinajstić information content (AvgIpc) is 2.35. The van der Waals surface area contributed by atoms with E-state index in [0.717, 1.165) is 0 Å². The molecular formula is C19H30N2O3. The Hall–Kier alpha value is -2.04. The van der Waals surface area contributed by atoms with Gasteiger partial charge in [0.2, 0.25) is 0 Å². The molecule has 0 aliphatic carbocycles. The Bertz CT molecular complexity index is 580. The van der Waals surface area contributed by atoms with Gasteiger partial charge in [-0.15, -0.1) is 0 Å². The van der Waals surface area contributed by atoms with Crippen LogP contribution in [0, 0.1) is 11.3 Å². The van der Waals surface area contributed by atoms with Gasteiger partial charge in [-0.05, 0) is 35.4 Å². The van der Waals surface area contributed by atoms with Crippen LogP contribution in [0.3, 0.4) is 0 Å². The first-order chi connectivity index (χ1) is 10.8. The maximum absolute atomic E-state index is 12.1. The van der Waals surface area contributed by atoms with Crippen LogP contribution < -0.4 is 10.6 Å². The molecule has 1 aromatic rings. The molecule has 2 atom stereocenters. The summed E-state index contributed by atoms with van der Waals surface area (Å²) in [7, 11) is 0. The number of carbonyl (C=O) groups is 2. The van der Waals surface area contributed by atoms with E-state index in [-0.39, 0.29) is 5.41 Å². The van der Waals surface area contributed by atoms with Crippen LogP contribution in [0.4, 0.5) is 10.5 Å². The van der Waals surface area contributed by atoms with Gasteiger partial charge in [-0.25, -0.2) is 4.79 Å². The molecule has 0 spiro atoms. The van der Waals surface area contributed by atoms with Gasteiger partial charge in [0.25, 0.3) is 0 Å². The highest BCUT2D eigenvalue weighted by Gasteiger charge is 2.36. The first-order valence-electron chi connectivity index (χ1n) is 8.23. The van der Waals surface area contributed by atoms with E-state index in [1.54, 1.807) is 6.92 Å². The van der Waals surface area contributed by atoms with Crippen LogP contribution in [0.2, 0.25) is 0 Å². The van der Waals surface area contributed by atoms with Crippen molar-refractivity contribution in [3.05, 3.63) is 29.8 Å². The van der Waals surface area contributed by atoms with E-state index in [2.05, 4.69) is 31.4 Å². The summed E-state index contributed by atoms with van der Waals surface area (Å²) in [5, 5.41) is 14.9. The molecule has 0 radical (unpaired) electrons. The van der Waals surface area contributed by atoms with Gasteiger partial charge in [0, 0.05) is 11.7 Å². The molecule has 1 rings (SSSR count). The number of aliphatic carboxylic acids is 1. The third-order valence-corrected chi connectivity index (χ3v) is 4.07. The minimum Gasteiger partial charge on any atom is -0.481 e. The standard InChI is InChI=1S/C19H30N2O3/c1-12(15(16(22)23)19(5,6)7)20-17(24)21-14-10-8-13(9-11-14)18(2,3)4/h8-12,15H,1-7H3,(H,22,23)(H2,20,21,24)/t12-,15?/m0/s1. The quantitative estimate of drug-likeness (QED) is 0.770. The van der Waals surface area contributed by atoms with Crippen molar-refractivity contribution in [3.63, 3.8) is 0 Å². The number of carboxylic acid groups (broad SMARTS) is 1. The number of rotatable bonds is 4. The van der Waals surface area contributed by atoms with E-state index in [4.69, 9.17) is 0 Å². The van der Waals surface area contributed by atoms with E-state index < -0.39 is 29.4 Å². The molecule has 0 aliphatic rings. The summed E-state index contributed by atoms with van der Waals surface area (Å²) in [5.41, 5.74) is 1.46. The largest absolute Gasteiger partial charge is 0.481 e. The molecule has 0 aliphatic heterocycles. The summed E-state index contributed by atoms with van der Waals surface area (Å²) in [6.07, 6.45) is 0. The molecule has 1 unspecified atom stereocenters. The number of hydrogen-bond acceptors (Lipinski definition) is 2. The first-order valence-corrected chi connectivity index (χ1v) is 8.23. The van der Waals surface area contributed by atoms with Crippen LogP contribution in [-0.2, 0) is 10.2 Å². The number of nitrogens with one attached hydrogen (secondary N) is 2. The molecule has 0 saturated carbocycles. The summed E-state index contributed by atoms with van der Waals surface area (Å²) in [6.45, 7) is 13.7. The Morgan fingerprint density at radius 3 is 1.88 bits per heavy atom. The fourth-order valence-corrected chi connectivity index (χ4v) is 2.85. The molecule has 3 N–H and O–H groups in total. The van der Waals surface area contributed by atoms with Crippen LogP contribution in [-0.4, -0.2) is 23.1 Å². The SMILES string of the molecule is C[C@H](NC(=O)Nc1ccc(C(C)(C)C)cc1)C(C(=O)O)C(C)(C)C. The molecule has 0 heterocycles. The number of amides is 2. The second-order valence-corrected chi connectivity index (χ2v) is 8.40. The van der Waals surface area contributed by atoms with Gasteiger partial charge in [-0.2, -0.15) is 0 Å². The topological polar surface area (TPSA) is 78.4 Å². The Morgan fingerprint density at radius 1 is 1.00 bits per heavy atom. The fraction of sp³-hybridized carbons (Fsp3) is 0.579. The minimum absolute atomic E-state index is 0.0523. The third-order valence-electron chi connectivity index (χ3n) is 4.07. The van der Waals surface area contributed by atoms with E-state index in [0.29, 0.717) is 5.69 Å². The molecule has 134 valence electrons. The van der Waals surface area contributed by atoms with Crippen LogP contribution in [0.15, 0.2) is 24.3 Å². The number of carbonyl (C=O) groups excluding carboxylic acids is 1. The Balaban J connectivity index is 2.73. The zero-order valence-corrected chi connectivity index (χ0v) is 15.7. The molecule has 2 amide bonds. The summed E-state index contributed by atoms with van der Waals surface area (Å²) in [4.78, 5) is 23.6. The average molecular weight is 334 g/mol. The van der Waals surface area contributed by atoms with Crippen molar-refractivity contribution < 1.29 is 14.7 Å². The highest BCUT2D eigenvalue weighted by atomic mass is 16.4. The Morgan fingerprint density at radius 2 is 1.50 bits per heavy atom. The van der Waals surface area contributed by atoms with E-state index in [9.17, 15) is 14.7 Å². The zero-order valence-electron chi connectivity index (χ0n) is 15.7. The number of hydrogen-bond donors (Lipinski definition) is 3.